The predicted octanol–water partition coefficient (Wildman–Crippen LogP) is 4.38. The molecule has 0 aliphatic heterocycles. The van der Waals surface area contributed by atoms with E-state index in [-0.39, 0.29) is 6.61 Å². The van der Waals surface area contributed by atoms with Crippen LogP contribution in [0.25, 0.3) is 6.08 Å². The number of benzene rings is 2. The minimum Gasteiger partial charge on any atom is -0.452 e. The number of aryl methyl sites for hydroxylation is 3. The highest BCUT2D eigenvalue weighted by atomic mass is 32.2. The standard InChI is InChI=1S/C21H20N2O3S/c1-14-5-4-6-17(9-14)7-8-20(25)26-12-19(24)23-21-15(2)10-18(27-13-22)11-16(21)3/h4-11H,12H2,1-3H3,(H,23,24)/b8-7+. The van der Waals surface area contributed by atoms with Gasteiger partial charge < -0.3 is 10.1 Å². The van der Waals surface area contributed by atoms with Crippen LogP contribution >= 0.6 is 11.8 Å². The maximum atomic E-state index is 12.1. The normalized spacial score (nSPS) is 10.4. The zero-order valence-corrected chi connectivity index (χ0v) is 16.2. The molecule has 0 aliphatic carbocycles. The van der Waals surface area contributed by atoms with Crippen molar-refractivity contribution in [3.05, 3.63) is 64.7 Å². The third-order valence-corrected chi connectivity index (χ3v) is 4.30. The summed E-state index contributed by atoms with van der Waals surface area (Å²) < 4.78 is 4.99. The Hall–Kier alpha value is -3.04. The second-order valence-corrected chi connectivity index (χ2v) is 6.89. The van der Waals surface area contributed by atoms with Crippen molar-refractivity contribution in [1.29, 1.82) is 5.26 Å². The highest BCUT2D eigenvalue weighted by Gasteiger charge is 2.11. The van der Waals surface area contributed by atoms with E-state index in [4.69, 9.17) is 10.00 Å². The molecule has 0 heterocycles. The third kappa shape index (κ3) is 6.32. The number of thiocyanates is 1. The van der Waals surface area contributed by atoms with Gasteiger partial charge in [-0.05, 0) is 67.4 Å². The van der Waals surface area contributed by atoms with Crippen molar-refractivity contribution in [2.75, 3.05) is 11.9 Å². The summed E-state index contributed by atoms with van der Waals surface area (Å²) in [6, 6.07) is 11.3. The predicted molar refractivity (Wildman–Crippen MR) is 107 cm³/mol. The number of amides is 1. The number of nitriles is 1. The molecular weight excluding hydrogens is 360 g/mol. The van der Waals surface area contributed by atoms with Crippen LogP contribution < -0.4 is 5.32 Å². The molecule has 0 unspecified atom stereocenters. The van der Waals surface area contributed by atoms with Crippen LogP contribution in [0.5, 0.6) is 0 Å². The smallest absolute Gasteiger partial charge is 0.331 e. The lowest BCUT2D eigenvalue weighted by molar-refractivity contribution is -0.142. The monoisotopic (exact) mass is 380 g/mol. The molecule has 0 fully saturated rings. The van der Waals surface area contributed by atoms with Crippen LogP contribution in [0.3, 0.4) is 0 Å². The third-order valence-electron chi connectivity index (χ3n) is 3.73. The molecular formula is C21H20N2O3S. The molecule has 0 aromatic heterocycles. The van der Waals surface area contributed by atoms with Crippen LogP contribution in [0.15, 0.2) is 47.4 Å². The number of nitrogens with one attached hydrogen (secondary N) is 1. The van der Waals surface area contributed by atoms with E-state index >= 15 is 0 Å². The van der Waals surface area contributed by atoms with Crippen LogP contribution in [0.4, 0.5) is 5.69 Å². The minimum absolute atomic E-state index is 0.370. The summed E-state index contributed by atoms with van der Waals surface area (Å²) >= 11 is 1.07. The number of rotatable bonds is 6. The van der Waals surface area contributed by atoms with Gasteiger partial charge in [-0.1, -0.05) is 29.8 Å². The van der Waals surface area contributed by atoms with Gasteiger partial charge in [-0.25, -0.2) is 4.79 Å². The van der Waals surface area contributed by atoms with Crippen molar-refractivity contribution in [1.82, 2.24) is 0 Å². The second kappa shape index (κ2) is 9.60. The Morgan fingerprint density at radius 3 is 2.52 bits per heavy atom. The van der Waals surface area contributed by atoms with Crippen LogP contribution in [-0.2, 0) is 14.3 Å². The number of hydrogen-bond acceptors (Lipinski definition) is 5. The summed E-state index contributed by atoms with van der Waals surface area (Å²) in [5.41, 5.74) is 4.32. The Morgan fingerprint density at radius 1 is 1.19 bits per heavy atom. The van der Waals surface area contributed by atoms with E-state index in [0.717, 1.165) is 38.9 Å². The summed E-state index contributed by atoms with van der Waals surface area (Å²) in [5.74, 6) is -1.000. The van der Waals surface area contributed by atoms with Gasteiger partial charge in [0.2, 0.25) is 0 Å². The first kappa shape index (κ1) is 20.3. The van der Waals surface area contributed by atoms with Crippen molar-refractivity contribution in [2.24, 2.45) is 0 Å². The van der Waals surface area contributed by atoms with E-state index in [1.807, 2.05) is 62.6 Å². The fourth-order valence-corrected chi connectivity index (χ4v) is 3.11. The largest absolute Gasteiger partial charge is 0.452 e. The average Bonchev–Trinajstić information content (AvgIpc) is 2.61. The number of anilines is 1. The zero-order chi connectivity index (χ0) is 19.8. The van der Waals surface area contributed by atoms with Gasteiger partial charge in [0.05, 0.1) is 0 Å². The lowest BCUT2D eigenvalue weighted by Crippen LogP contribution is -2.21. The lowest BCUT2D eigenvalue weighted by Gasteiger charge is -2.12. The maximum absolute atomic E-state index is 12.1. The first-order valence-electron chi connectivity index (χ1n) is 8.27. The summed E-state index contributed by atoms with van der Waals surface area (Å²) in [7, 11) is 0. The van der Waals surface area contributed by atoms with Gasteiger partial charge in [-0.15, -0.1) is 0 Å². The number of carbonyl (C=O) groups excluding carboxylic acids is 2. The van der Waals surface area contributed by atoms with E-state index in [1.54, 1.807) is 6.08 Å². The molecule has 0 atom stereocenters. The van der Waals surface area contributed by atoms with Crippen LogP contribution in [0.2, 0.25) is 0 Å². The molecule has 2 aromatic carbocycles. The molecule has 5 nitrogen and oxygen atoms in total. The van der Waals surface area contributed by atoms with Crippen molar-refractivity contribution in [3.8, 4) is 5.40 Å². The Balaban J connectivity index is 1.91. The highest BCUT2D eigenvalue weighted by molar-refractivity contribution is 8.03. The summed E-state index contributed by atoms with van der Waals surface area (Å²) in [6.45, 7) is 5.29. The zero-order valence-electron chi connectivity index (χ0n) is 15.4. The van der Waals surface area contributed by atoms with E-state index in [0.29, 0.717) is 5.69 Å². The fourth-order valence-electron chi connectivity index (χ4n) is 2.53. The molecule has 0 saturated carbocycles. The second-order valence-electron chi connectivity index (χ2n) is 6.03. The number of carbonyl (C=O) groups is 2. The Kier molecular flexibility index (Phi) is 7.21. The molecule has 0 saturated heterocycles. The molecule has 0 bridgehead atoms. The number of ether oxygens (including phenoxy) is 1. The molecule has 6 heteroatoms. The molecule has 2 aromatic rings. The molecule has 1 amide bonds. The highest BCUT2D eigenvalue weighted by Crippen LogP contribution is 2.27. The summed E-state index contributed by atoms with van der Waals surface area (Å²) in [6.07, 6.45) is 2.94. The van der Waals surface area contributed by atoms with E-state index in [1.165, 1.54) is 6.08 Å². The number of hydrogen-bond donors (Lipinski definition) is 1. The first-order valence-corrected chi connectivity index (χ1v) is 9.09. The molecule has 2 rings (SSSR count). The maximum Gasteiger partial charge on any atom is 0.331 e. The SMILES string of the molecule is Cc1cccc(/C=C/C(=O)OCC(=O)Nc2c(C)cc(SC#N)cc2C)c1. The number of thioether (sulfide) groups is 1. The van der Waals surface area contributed by atoms with E-state index < -0.39 is 11.9 Å². The van der Waals surface area contributed by atoms with Crippen LogP contribution in [-0.4, -0.2) is 18.5 Å². The Bertz CT molecular complexity index is 906. The van der Waals surface area contributed by atoms with Crippen molar-refractivity contribution < 1.29 is 14.3 Å². The molecule has 0 radical (unpaired) electrons. The van der Waals surface area contributed by atoms with E-state index in [9.17, 15) is 9.59 Å². The first-order chi connectivity index (χ1) is 12.9. The van der Waals surface area contributed by atoms with Crippen molar-refractivity contribution in [3.63, 3.8) is 0 Å². The quantitative estimate of drug-likeness (QED) is 0.348. The van der Waals surface area contributed by atoms with Gasteiger partial charge in [0.25, 0.3) is 5.91 Å². The molecule has 0 aliphatic rings. The Morgan fingerprint density at radius 2 is 1.89 bits per heavy atom. The summed E-state index contributed by atoms with van der Waals surface area (Å²) in [5, 5.41) is 13.5. The number of nitrogens with zero attached hydrogens (tertiary/aromatic N) is 1. The van der Waals surface area contributed by atoms with Gasteiger partial charge in [0.1, 0.15) is 5.40 Å². The topological polar surface area (TPSA) is 79.2 Å². The van der Waals surface area contributed by atoms with Gasteiger partial charge >= 0.3 is 5.97 Å². The van der Waals surface area contributed by atoms with Gasteiger partial charge in [0, 0.05) is 16.7 Å². The van der Waals surface area contributed by atoms with Gasteiger partial charge in [-0.2, -0.15) is 5.26 Å². The minimum atomic E-state index is -0.583. The molecule has 27 heavy (non-hydrogen) atoms. The van der Waals surface area contributed by atoms with Crippen LogP contribution in [0.1, 0.15) is 22.3 Å². The van der Waals surface area contributed by atoms with Crippen LogP contribution in [0, 0.1) is 31.4 Å². The average molecular weight is 380 g/mol. The fraction of sp³-hybridized carbons (Fsp3) is 0.190. The Labute approximate surface area is 163 Å². The molecule has 138 valence electrons. The van der Waals surface area contributed by atoms with E-state index in [2.05, 4.69) is 5.32 Å². The number of esters is 1. The lowest BCUT2D eigenvalue weighted by atomic mass is 10.1. The van der Waals surface area contributed by atoms with Crippen molar-refractivity contribution in [2.45, 2.75) is 25.7 Å². The molecule has 1 N–H and O–H groups in total. The van der Waals surface area contributed by atoms with Gasteiger partial charge in [-0.3, -0.25) is 4.79 Å². The van der Waals surface area contributed by atoms with Gasteiger partial charge in [0.15, 0.2) is 6.61 Å². The van der Waals surface area contributed by atoms with Crippen molar-refractivity contribution >= 4 is 35.4 Å². The summed E-state index contributed by atoms with van der Waals surface area (Å²) in [4.78, 5) is 24.7. The molecule has 0 spiro atoms.